The second-order valence-corrected chi connectivity index (χ2v) is 8.75. The van der Waals surface area contributed by atoms with E-state index in [1.54, 1.807) is 13.3 Å². The van der Waals surface area contributed by atoms with E-state index in [1.807, 2.05) is 12.1 Å². The van der Waals surface area contributed by atoms with Gasteiger partial charge < -0.3 is 15.1 Å². The lowest BCUT2D eigenvalue weighted by Crippen LogP contribution is -2.44. The summed E-state index contributed by atoms with van der Waals surface area (Å²) in [5.74, 6) is 1.82. The lowest BCUT2D eigenvalue weighted by atomic mass is 10.1. The maximum Gasteiger partial charge on any atom is 0.191 e. The van der Waals surface area contributed by atoms with Crippen LogP contribution in [0, 0.1) is 0 Å². The third kappa shape index (κ3) is 7.07. The number of hydrogen-bond donors (Lipinski definition) is 2. The molecule has 1 aliphatic rings. The van der Waals surface area contributed by atoms with Gasteiger partial charge >= 0.3 is 0 Å². The molecule has 2 rings (SSSR count). The highest BCUT2D eigenvalue weighted by Crippen LogP contribution is 2.24. The van der Waals surface area contributed by atoms with Gasteiger partial charge in [-0.1, -0.05) is 6.42 Å². The molecule has 0 saturated carbocycles. The number of sulfone groups is 1. The van der Waals surface area contributed by atoms with Crippen molar-refractivity contribution >= 4 is 15.8 Å². The van der Waals surface area contributed by atoms with Gasteiger partial charge in [0.2, 0.25) is 0 Å². The summed E-state index contributed by atoms with van der Waals surface area (Å²) in [5.41, 5.74) is 0. The predicted molar refractivity (Wildman–Crippen MR) is 101 cm³/mol. The van der Waals surface area contributed by atoms with Crippen molar-refractivity contribution in [2.24, 2.45) is 4.99 Å². The van der Waals surface area contributed by atoms with Crippen molar-refractivity contribution in [1.82, 2.24) is 15.5 Å². The van der Waals surface area contributed by atoms with Gasteiger partial charge in [-0.3, -0.25) is 9.89 Å². The van der Waals surface area contributed by atoms with Crippen LogP contribution in [0.5, 0.6) is 0 Å². The van der Waals surface area contributed by atoms with Crippen LogP contribution in [0.25, 0.3) is 0 Å². The number of guanidine groups is 1. The molecule has 1 aliphatic heterocycles. The number of likely N-dealkylation sites (tertiary alicyclic amines) is 1. The fraction of sp³-hybridized carbons (Fsp3) is 0.706. The zero-order valence-electron chi connectivity index (χ0n) is 15.2. The van der Waals surface area contributed by atoms with E-state index in [1.165, 1.54) is 25.5 Å². The summed E-state index contributed by atoms with van der Waals surface area (Å²) >= 11 is 0. The standard InChI is InChI=1S/C17H30N4O3S/c1-18-17(19-9-7-13-25(2,22)23)20-14-15(16-8-6-12-24-16)21-10-4-3-5-11-21/h6,8,12,15H,3-5,7,9-11,13-14H2,1-2H3,(H2,18,19,20). The van der Waals surface area contributed by atoms with Crippen LogP contribution in [0.15, 0.2) is 27.8 Å². The fourth-order valence-electron chi connectivity index (χ4n) is 3.08. The first-order valence-electron chi connectivity index (χ1n) is 8.89. The molecule has 2 N–H and O–H groups in total. The predicted octanol–water partition coefficient (Wildman–Crippen LogP) is 1.41. The summed E-state index contributed by atoms with van der Waals surface area (Å²) in [4.78, 5) is 6.67. The Balaban J connectivity index is 1.85. The summed E-state index contributed by atoms with van der Waals surface area (Å²) < 4.78 is 28.0. The molecule has 8 heteroatoms. The van der Waals surface area contributed by atoms with Crippen LogP contribution >= 0.6 is 0 Å². The Labute approximate surface area is 150 Å². The van der Waals surface area contributed by atoms with Crippen molar-refractivity contribution in [1.29, 1.82) is 0 Å². The van der Waals surface area contributed by atoms with E-state index in [0.29, 0.717) is 25.5 Å². The van der Waals surface area contributed by atoms with Gasteiger partial charge in [0, 0.05) is 26.4 Å². The summed E-state index contributed by atoms with van der Waals surface area (Å²) in [6.45, 7) is 3.42. The Kier molecular flexibility index (Phi) is 7.77. The minimum Gasteiger partial charge on any atom is -0.468 e. The van der Waals surface area contributed by atoms with E-state index in [-0.39, 0.29) is 11.8 Å². The Bertz CT molecular complexity index is 622. The Morgan fingerprint density at radius 1 is 1.32 bits per heavy atom. The summed E-state index contributed by atoms with van der Waals surface area (Å²) in [6, 6.07) is 4.11. The zero-order valence-corrected chi connectivity index (χ0v) is 16.0. The number of nitrogens with one attached hydrogen (secondary N) is 2. The Hall–Kier alpha value is -1.54. The van der Waals surface area contributed by atoms with Crippen molar-refractivity contribution in [2.75, 3.05) is 45.2 Å². The lowest BCUT2D eigenvalue weighted by Gasteiger charge is -2.33. The molecule has 1 fully saturated rings. The van der Waals surface area contributed by atoms with Gasteiger partial charge in [0.05, 0.1) is 18.1 Å². The highest BCUT2D eigenvalue weighted by molar-refractivity contribution is 7.90. The van der Waals surface area contributed by atoms with Crippen LogP contribution in [0.4, 0.5) is 0 Å². The number of rotatable bonds is 8. The van der Waals surface area contributed by atoms with Crippen LogP contribution < -0.4 is 10.6 Å². The Morgan fingerprint density at radius 2 is 2.08 bits per heavy atom. The molecule has 142 valence electrons. The smallest absolute Gasteiger partial charge is 0.191 e. The van der Waals surface area contributed by atoms with Crippen molar-refractivity contribution in [3.63, 3.8) is 0 Å². The summed E-state index contributed by atoms with van der Waals surface area (Å²) in [5, 5.41) is 6.51. The molecule has 25 heavy (non-hydrogen) atoms. The van der Waals surface area contributed by atoms with E-state index in [0.717, 1.165) is 18.8 Å². The maximum atomic E-state index is 11.2. The van der Waals surface area contributed by atoms with E-state index in [2.05, 4.69) is 20.5 Å². The number of piperidine rings is 1. The van der Waals surface area contributed by atoms with Crippen molar-refractivity contribution < 1.29 is 12.8 Å². The third-order valence-corrected chi connectivity index (χ3v) is 5.40. The quantitative estimate of drug-likeness (QED) is 0.409. The highest BCUT2D eigenvalue weighted by Gasteiger charge is 2.24. The van der Waals surface area contributed by atoms with E-state index in [4.69, 9.17) is 4.42 Å². The highest BCUT2D eigenvalue weighted by atomic mass is 32.2. The lowest BCUT2D eigenvalue weighted by molar-refractivity contribution is 0.146. The van der Waals surface area contributed by atoms with Crippen molar-refractivity contribution in [3.8, 4) is 0 Å². The number of furan rings is 1. The number of hydrogen-bond acceptors (Lipinski definition) is 5. The molecule has 1 saturated heterocycles. The van der Waals surface area contributed by atoms with Crippen LogP contribution in [0.3, 0.4) is 0 Å². The summed E-state index contributed by atoms with van der Waals surface area (Å²) in [6.07, 6.45) is 7.26. The molecule has 1 atom stereocenters. The molecule has 0 radical (unpaired) electrons. The average Bonchev–Trinajstić information content (AvgIpc) is 3.11. The molecule has 0 spiro atoms. The molecule has 1 unspecified atom stereocenters. The Morgan fingerprint density at radius 3 is 2.68 bits per heavy atom. The van der Waals surface area contributed by atoms with Crippen LogP contribution in [-0.4, -0.2) is 64.5 Å². The first-order valence-corrected chi connectivity index (χ1v) is 11.0. The second-order valence-electron chi connectivity index (χ2n) is 6.49. The minimum atomic E-state index is -2.92. The molecule has 0 aromatic carbocycles. The number of nitrogens with zero attached hydrogens (tertiary/aromatic N) is 2. The molecule has 0 aliphatic carbocycles. The van der Waals surface area contributed by atoms with Gasteiger partial charge in [-0.2, -0.15) is 0 Å². The molecule has 1 aromatic rings. The largest absolute Gasteiger partial charge is 0.468 e. The molecule has 1 aromatic heterocycles. The van der Waals surface area contributed by atoms with E-state index in [9.17, 15) is 8.42 Å². The zero-order chi connectivity index (χ0) is 18.1. The van der Waals surface area contributed by atoms with Gasteiger partial charge in [0.25, 0.3) is 0 Å². The normalized spacial score (nSPS) is 18.1. The van der Waals surface area contributed by atoms with Gasteiger partial charge in [-0.25, -0.2) is 8.42 Å². The van der Waals surface area contributed by atoms with Crippen LogP contribution in [-0.2, 0) is 9.84 Å². The molecular weight excluding hydrogens is 340 g/mol. The average molecular weight is 371 g/mol. The first kappa shape index (κ1) is 19.8. The minimum absolute atomic E-state index is 0.171. The van der Waals surface area contributed by atoms with Gasteiger partial charge in [-0.15, -0.1) is 0 Å². The van der Waals surface area contributed by atoms with Crippen molar-refractivity contribution in [2.45, 2.75) is 31.7 Å². The molecule has 2 heterocycles. The topological polar surface area (TPSA) is 86.9 Å². The fourth-order valence-corrected chi connectivity index (χ4v) is 3.74. The molecule has 0 amide bonds. The summed E-state index contributed by atoms with van der Waals surface area (Å²) in [7, 11) is -1.20. The van der Waals surface area contributed by atoms with Crippen LogP contribution in [0.2, 0.25) is 0 Å². The molecular formula is C17H30N4O3S. The van der Waals surface area contributed by atoms with Gasteiger partial charge in [-0.05, 0) is 44.5 Å². The first-order chi connectivity index (χ1) is 12.0. The monoisotopic (exact) mass is 370 g/mol. The van der Waals surface area contributed by atoms with E-state index >= 15 is 0 Å². The van der Waals surface area contributed by atoms with Crippen molar-refractivity contribution in [3.05, 3.63) is 24.2 Å². The van der Waals surface area contributed by atoms with E-state index < -0.39 is 9.84 Å². The number of aliphatic imine (C=N–C) groups is 1. The SMILES string of the molecule is CN=C(NCCCS(C)(=O)=O)NCC(c1ccco1)N1CCCCC1. The second kappa shape index (κ2) is 9.82. The molecule has 0 bridgehead atoms. The van der Waals surface area contributed by atoms with Crippen LogP contribution in [0.1, 0.15) is 37.5 Å². The maximum absolute atomic E-state index is 11.2. The third-order valence-electron chi connectivity index (χ3n) is 4.37. The van der Waals surface area contributed by atoms with Gasteiger partial charge in [0.15, 0.2) is 5.96 Å². The van der Waals surface area contributed by atoms with Gasteiger partial charge in [0.1, 0.15) is 15.6 Å². The molecule has 7 nitrogen and oxygen atoms in total.